The fourth-order valence-electron chi connectivity index (χ4n) is 1.98. The highest BCUT2D eigenvalue weighted by molar-refractivity contribution is 5.86. The van der Waals surface area contributed by atoms with Gasteiger partial charge in [-0.2, -0.15) is 0 Å². The molecule has 0 aliphatic heterocycles. The predicted molar refractivity (Wildman–Crippen MR) is 66.0 cm³/mol. The van der Waals surface area contributed by atoms with E-state index >= 15 is 0 Å². The van der Waals surface area contributed by atoms with Gasteiger partial charge in [-0.3, -0.25) is 9.20 Å². The third-order valence-electron chi connectivity index (χ3n) is 2.81. The number of pyridine rings is 1. The Morgan fingerprint density at radius 3 is 2.89 bits per heavy atom. The van der Waals surface area contributed by atoms with Crippen molar-refractivity contribution in [1.29, 1.82) is 0 Å². The molecule has 0 aliphatic rings. The zero-order valence-corrected chi connectivity index (χ0v) is 9.38. The Hall–Kier alpha value is -2.49. The highest BCUT2D eigenvalue weighted by atomic mass is 19.1. The molecular weight excluding hydrogens is 231 g/mol. The number of fused-ring (bicyclic) bond motifs is 1. The molecule has 0 amide bonds. The SMILES string of the molecule is O=Cc1cccn2c(-c3cccc(F)c3)ncc12. The Kier molecular flexibility index (Phi) is 2.41. The zero-order chi connectivity index (χ0) is 12.5. The van der Waals surface area contributed by atoms with Crippen molar-refractivity contribution in [3.05, 3.63) is 60.2 Å². The fraction of sp³-hybridized carbons (Fsp3) is 0. The molecule has 1 aromatic carbocycles. The lowest BCUT2D eigenvalue weighted by atomic mass is 10.2. The Labute approximate surface area is 103 Å². The van der Waals surface area contributed by atoms with Gasteiger partial charge in [-0.15, -0.1) is 0 Å². The van der Waals surface area contributed by atoms with Crippen LogP contribution in [0.3, 0.4) is 0 Å². The van der Waals surface area contributed by atoms with Crippen molar-refractivity contribution in [3.8, 4) is 11.4 Å². The van der Waals surface area contributed by atoms with Gasteiger partial charge in [-0.05, 0) is 24.3 Å². The summed E-state index contributed by atoms with van der Waals surface area (Å²) in [5.74, 6) is 0.309. The number of imidazole rings is 1. The first-order valence-corrected chi connectivity index (χ1v) is 5.47. The van der Waals surface area contributed by atoms with Crippen LogP contribution in [0.2, 0.25) is 0 Å². The standard InChI is InChI=1S/C14H9FN2O/c15-12-5-1-3-10(7-12)14-16-8-13-11(9-18)4-2-6-17(13)14/h1-9H. The van der Waals surface area contributed by atoms with Gasteiger partial charge in [0.2, 0.25) is 0 Å². The van der Waals surface area contributed by atoms with Crippen molar-refractivity contribution in [3.63, 3.8) is 0 Å². The molecule has 2 heterocycles. The summed E-state index contributed by atoms with van der Waals surface area (Å²) in [6.07, 6.45) is 4.20. The summed E-state index contributed by atoms with van der Waals surface area (Å²) in [5, 5.41) is 0. The van der Waals surface area contributed by atoms with Gasteiger partial charge in [-0.25, -0.2) is 9.37 Å². The molecule has 0 spiro atoms. The lowest BCUT2D eigenvalue weighted by Gasteiger charge is -2.02. The molecule has 0 radical (unpaired) electrons. The minimum absolute atomic E-state index is 0.309. The van der Waals surface area contributed by atoms with Crippen LogP contribution >= 0.6 is 0 Å². The van der Waals surface area contributed by atoms with E-state index in [0.29, 0.717) is 22.5 Å². The van der Waals surface area contributed by atoms with E-state index < -0.39 is 0 Å². The van der Waals surface area contributed by atoms with E-state index in [2.05, 4.69) is 4.98 Å². The van der Waals surface area contributed by atoms with Gasteiger partial charge < -0.3 is 0 Å². The summed E-state index contributed by atoms with van der Waals surface area (Å²) in [4.78, 5) is 15.2. The van der Waals surface area contributed by atoms with E-state index in [1.165, 1.54) is 12.1 Å². The maximum Gasteiger partial charge on any atom is 0.152 e. The molecule has 88 valence electrons. The number of hydrogen-bond acceptors (Lipinski definition) is 2. The van der Waals surface area contributed by atoms with Crippen LogP contribution in [-0.2, 0) is 0 Å². The molecule has 0 atom stereocenters. The molecule has 0 N–H and O–H groups in total. The van der Waals surface area contributed by atoms with Gasteiger partial charge in [0.15, 0.2) is 6.29 Å². The normalized spacial score (nSPS) is 10.7. The van der Waals surface area contributed by atoms with Crippen LogP contribution in [-0.4, -0.2) is 15.7 Å². The van der Waals surface area contributed by atoms with Crippen LogP contribution in [0.15, 0.2) is 48.8 Å². The van der Waals surface area contributed by atoms with Crippen molar-refractivity contribution in [2.24, 2.45) is 0 Å². The zero-order valence-electron chi connectivity index (χ0n) is 9.38. The van der Waals surface area contributed by atoms with Crippen molar-refractivity contribution in [2.45, 2.75) is 0 Å². The Bertz CT molecular complexity index is 733. The summed E-state index contributed by atoms with van der Waals surface area (Å²) in [7, 11) is 0. The van der Waals surface area contributed by atoms with Crippen LogP contribution in [0.4, 0.5) is 4.39 Å². The van der Waals surface area contributed by atoms with Gasteiger partial charge in [0.25, 0.3) is 0 Å². The highest BCUT2D eigenvalue weighted by Crippen LogP contribution is 2.21. The Morgan fingerprint density at radius 2 is 2.11 bits per heavy atom. The van der Waals surface area contributed by atoms with Crippen molar-refractivity contribution in [1.82, 2.24) is 9.38 Å². The quantitative estimate of drug-likeness (QED) is 0.645. The number of halogens is 1. The van der Waals surface area contributed by atoms with Crippen LogP contribution < -0.4 is 0 Å². The molecule has 0 aliphatic carbocycles. The topological polar surface area (TPSA) is 34.4 Å². The van der Waals surface area contributed by atoms with Gasteiger partial charge in [0.1, 0.15) is 11.6 Å². The van der Waals surface area contributed by atoms with Crippen LogP contribution in [0, 0.1) is 5.82 Å². The molecule has 0 saturated heterocycles. The average molecular weight is 240 g/mol. The second-order valence-electron chi connectivity index (χ2n) is 3.93. The maximum atomic E-state index is 13.2. The molecule has 4 heteroatoms. The number of benzene rings is 1. The summed E-state index contributed by atoms with van der Waals surface area (Å²) in [6.45, 7) is 0. The Balaban J connectivity index is 2.28. The second-order valence-corrected chi connectivity index (χ2v) is 3.93. The minimum atomic E-state index is -0.309. The van der Waals surface area contributed by atoms with Crippen molar-refractivity contribution < 1.29 is 9.18 Å². The van der Waals surface area contributed by atoms with E-state index in [4.69, 9.17) is 0 Å². The molecule has 3 aromatic rings. The molecule has 2 aromatic heterocycles. The average Bonchev–Trinajstić information content (AvgIpc) is 2.82. The fourth-order valence-corrected chi connectivity index (χ4v) is 1.98. The molecule has 0 saturated carbocycles. The molecule has 0 fully saturated rings. The van der Waals surface area contributed by atoms with Crippen molar-refractivity contribution in [2.75, 3.05) is 0 Å². The van der Waals surface area contributed by atoms with Crippen LogP contribution in [0.5, 0.6) is 0 Å². The molecule has 18 heavy (non-hydrogen) atoms. The number of aromatic nitrogens is 2. The smallest absolute Gasteiger partial charge is 0.152 e. The molecule has 0 unspecified atom stereocenters. The summed E-state index contributed by atoms with van der Waals surface area (Å²) in [5.41, 5.74) is 1.96. The lowest BCUT2D eigenvalue weighted by molar-refractivity contribution is 0.112. The Morgan fingerprint density at radius 1 is 1.22 bits per heavy atom. The summed E-state index contributed by atoms with van der Waals surface area (Å²) in [6, 6.07) is 9.71. The van der Waals surface area contributed by atoms with E-state index in [0.717, 1.165) is 6.29 Å². The van der Waals surface area contributed by atoms with Gasteiger partial charge in [0, 0.05) is 17.3 Å². The molecular formula is C14H9FN2O. The van der Waals surface area contributed by atoms with Gasteiger partial charge in [-0.1, -0.05) is 12.1 Å². The minimum Gasteiger partial charge on any atom is -0.299 e. The third-order valence-corrected chi connectivity index (χ3v) is 2.81. The van der Waals surface area contributed by atoms with Crippen LogP contribution in [0.25, 0.3) is 16.9 Å². The first-order valence-electron chi connectivity index (χ1n) is 5.47. The summed E-state index contributed by atoms with van der Waals surface area (Å²) >= 11 is 0. The number of rotatable bonds is 2. The number of carbonyl (C=O) groups excluding carboxylic acids is 1. The molecule has 0 bridgehead atoms. The second kappa shape index (κ2) is 4.07. The number of nitrogens with zero attached hydrogens (tertiary/aromatic N) is 2. The maximum absolute atomic E-state index is 13.2. The molecule has 3 rings (SSSR count). The van der Waals surface area contributed by atoms with E-state index in [1.54, 1.807) is 41.1 Å². The molecule has 3 nitrogen and oxygen atoms in total. The van der Waals surface area contributed by atoms with Crippen molar-refractivity contribution >= 4 is 11.8 Å². The largest absolute Gasteiger partial charge is 0.299 e. The van der Waals surface area contributed by atoms with E-state index in [1.807, 2.05) is 0 Å². The number of carbonyl (C=O) groups is 1. The van der Waals surface area contributed by atoms with Gasteiger partial charge in [0.05, 0.1) is 11.7 Å². The van der Waals surface area contributed by atoms with Gasteiger partial charge >= 0.3 is 0 Å². The first-order chi connectivity index (χ1) is 8.79. The first kappa shape index (κ1) is 10.7. The number of aldehydes is 1. The lowest BCUT2D eigenvalue weighted by Crippen LogP contribution is -1.92. The van der Waals surface area contributed by atoms with E-state index in [9.17, 15) is 9.18 Å². The van der Waals surface area contributed by atoms with Crippen LogP contribution in [0.1, 0.15) is 10.4 Å². The number of hydrogen-bond donors (Lipinski definition) is 0. The summed E-state index contributed by atoms with van der Waals surface area (Å²) < 4.78 is 15.0. The monoisotopic (exact) mass is 240 g/mol. The third kappa shape index (κ3) is 1.59. The van der Waals surface area contributed by atoms with E-state index in [-0.39, 0.29) is 5.82 Å². The predicted octanol–water partition coefficient (Wildman–Crippen LogP) is 2.95. The highest BCUT2D eigenvalue weighted by Gasteiger charge is 2.09.